The van der Waals surface area contributed by atoms with E-state index in [1.54, 1.807) is 36.4 Å². The molecule has 1 aliphatic heterocycles. The third-order valence-corrected chi connectivity index (χ3v) is 5.02. The topological polar surface area (TPSA) is 138 Å². The van der Waals surface area contributed by atoms with Crippen molar-refractivity contribution in [2.45, 2.75) is 6.04 Å². The van der Waals surface area contributed by atoms with Gasteiger partial charge in [0.2, 0.25) is 5.95 Å². The van der Waals surface area contributed by atoms with Crippen molar-refractivity contribution < 1.29 is 28.9 Å². The number of benzene rings is 2. The lowest BCUT2D eigenvalue weighted by Gasteiger charge is -2.28. The first kappa shape index (κ1) is 20.8. The molecule has 0 saturated carbocycles. The van der Waals surface area contributed by atoms with Gasteiger partial charge >= 0.3 is 5.97 Å². The van der Waals surface area contributed by atoms with Crippen LogP contribution in [0.25, 0.3) is 0 Å². The zero-order chi connectivity index (χ0) is 22.8. The minimum absolute atomic E-state index is 0.0644. The number of hydrogen-bond acceptors (Lipinski definition) is 10. The molecular formula is C21H19N5O6. The Bertz CT molecular complexity index is 1220. The van der Waals surface area contributed by atoms with Gasteiger partial charge in [0.1, 0.15) is 17.5 Å². The van der Waals surface area contributed by atoms with Crippen LogP contribution >= 0.6 is 0 Å². The van der Waals surface area contributed by atoms with E-state index in [0.29, 0.717) is 16.9 Å². The van der Waals surface area contributed by atoms with Crippen LogP contribution in [-0.4, -0.2) is 58.4 Å². The quantitative estimate of drug-likeness (QED) is 0.433. The molecule has 0 unspecified atom stereocenters. The van der Waals surface area contributed by atoms with E-state index in [1.165, 1.54) is 32.1 Å². The molecule has 2 heterocycles. The standard InChI is InChI=1S/C21H19N5O6/c1-30-13-7-4-11(5-8-13)19(28)16-17(20(29)32-3)22-21-23-24-25-26(21)18(16)12-6-9-14(27)15(10-12)31-2/h4-10,18,27H,1-3H3,(H,22,23,25)/t18-/m1/s1. The van der Waals surface area contributed by atoms with Crippen molar-refractivity contribution in [2.75, 3.05) is 26.6 Å². The van der Waals surface area contributed by atoms with Crippen LogP contribution in [0.5, 0.6) is 17.2 Å². The number of aromatic nitrogens is 4. The van der Waals surface area contributed by atoms with Gasteiger partial charge in [0.25, 0.3) is 0 Å². The summed E-state index contributed by atoms with van der Waals surface area (Å²) in [6.45, 7) is 0. The number of phenols is 1. The number of phenolic OH excluding ortho intramolecular Hbond substituents is 1. The zero-order valence-electron chi connectivity index (χ0n) is 17.4. The van der Waals surface area contributed by atoms with E-state index in [9.17, 15) is 14.7 Å². The fourth-order valence-corrected chi connectivity index (χ4v) is 3.46. The normalized spacial score (nSPS) is 14.9. The molecule has 11 nitrogen and oxygen atoms in total. The van der Waals surface area contributed by atoms with Gasteiger partial charge < -0.3 is 24.6 Å². The second kappa shape index (κ2) is 8.38. The molecule has 0 fully saturated rings. The molecular weight excluding hydrogens is 418 g/mol. The van der Waals surface area contributed by atoms with Crippen LogP contribution in [0, 0.1) is 0 Å². The molecule has 11 heteroatoms. The third kappa shape index (κ3) is 3.49. The predicted octanol–water partition coefficient (Wildman–Crippen LogP) is 1.72. The van der Waals surface area contributed by atoms with E-state index >= 15 is 0 Å². The molecule has 4 rings (SSSR count). The second-order valence-corrected chi connectivity index (χ2v) is 6.74. The Hall–Kier alpha value is -4.41. The average molecular weight is 437 g/mol. The molecule has 0 aliphatic carbocycles. The van der Waals surface area contributed by atoms with Crippen LogP contribution in [0.3, 0.4) is 0 Å². The van der Waals surface area contributed by atoms with E-state index in [1.807, 2.05) is 0 Å². The average Bonchev–Trinajstić information content (AvgIpc) is 3.31. The maximum absolute atomic E-state index is 13.7. The number of nitrogens with one attached hydrogen (secondary N) is 1. The second-order valence-electron chi connectivity index (χ2n) is 6.74. The number of tetrazole rings is 1. The molecule has 1 aliphatic rings. The molecule has 0 amide bonds. The van der Waals surface area contributed by atoms with Gasteiger partial charge in [-0.1, -0.05) is 11.2 Å². The summed E-state index contributed by atoms with van der Waals surface area (Å²) in [4.78, 5) is 26.3. The van der Waals surface area contributed by atoms with Gasteiger partial charge in [-0.2, -0.15) is 4.68 Å². The van der Waals surface area contributed by atoms with E-state index < -0.39 is 17.8 Å². The molecule has 0 bridgehead atoms. The van der Waals surface area contributed by atoms with Crippen LogP contribution < -0.4 is 14.8 Å². The molecule has 164 valence electrons. The van der Waals surface area contributed by atoms with Crippen LogP contribution in [0.15, 0.2) is 53.7 Å². The molecule has 0 saturated heterocycles. The first-order valence-corrected chi connectivity index (χ1v) is 9.41. The summed E-state index contributed by atoms with van der Waals surface area (Å²) in [7, 11) is 4.14. The van der Waals surface area contributed by atoms with Crippen molar-refractivity contribution in [1.29, 1.82) is 0 Å². The van der Waals surface area contributed by atoms with Crippen molar-refractivity contribution in [3.8, 4) is 17.2 Å². The maximum atomic E-state index is 13.7. The van der Waals surface area contributed by atoms with Crippen LogP contribution in [0.4, 0.5) is 5.95 Å². The number of aromatic hydroxyl groups is 1. The van der Waals surface area contributed by atoms with Crippen molar-refractivity contribution in [2.24, 2.45) is 0 Å². The number of ether oxygens (including phenoxy) is 3. The Balaban J connectivity index is 1.93. The van der Waals surface area contributed by atoms with E-state index in [4.69, 9.17) is 14.2 Å². The van der Waals surface area contributed by atoms with Gasteiger partial charge in [-0.15, -0.1) is 0 Å². The van der Waals surface area contributed by atoms with Crippen LogP contribution in [-0.2, 0) is 9.53 Å². The van der Waals surface area contributed by atoms with Crippen molar-refractivity contribution >= 4 is 17.7 Å². The molecule has 1 aromatic heterocycles. The minimum atomic E-state index is -0.903. The van der Waals surface area contributed by atoms with Crippen molar-refractivity contribution in [3.63, 3.8) is 0 Å². The zero-order valence-corrected chi connectivity index (χ0v) is 17.4. The lowest BCUT2D eigenvalue weighted by molar-refractivity contribution is -0.136. The summed E-state index contributed by atoms with van der Waals surface area (Å²) in [5, 5.41) is 24.4. The Labute approximate surface area is 182 Å². The van der Waals surface area contributed by atoms with Gasteiger partial charge in [0.05, 0.1) is 26.9 Å². The summed E-state index contributed by atoms with van der Waals surface area (Å²) < 4.78 is 16.6. The SMILES string of the molecule is COC(=O)C1=C(C(=O)c2ccc(OC)cc2)[C@@H](c2ccc(O)c(OC)c2)n2nnnc2N1. The van der Waals surface area contributed by atoms with Crippen LogP contribution in [0.2, 0.25) is 0 Å². The number of anilines is 1. The van der Waals surface area contributed by atoms with Crippen molar-refractivity contribution in [3.05, 3.63) is 64.9 Å². The Morgan fingerprint density at radius 3 is 2.47 bits per heavy atom. The van der Waals surface area contributed by atoms with E-state index in [2.05, 4.69) is 20.8 Å². The Morgan fingerprint density at radius 2 is 1.81 bits per heavy atom. The number of esters is 1. The van der Waals surface area contributed by atoms with E-state index in [0.717, 1.165) is 0 Å². The Morgan fingerprint density at radius 1 is 1.06 bits per heavy atom. The number of hydrogen-bond donors (Lipinski definition) is 2. The number of nitrogens with zero attached hydrogens (tertiary/aromatic N) is 4. The highest BCUT2D eigenvalue weighted by molar-refractivity contribution is 6.15. The highest BCUT2D eigenvalue weighted by Gasteiger charge is 2.38. The summed E-state index contributed by atoms with van der Waals surface area (Å²) >= 11 is 0. The summed E-state index contributed by atoms with van der Waals surface area (Å²) in [5.41, 5.74) is 0.798. The lowest BCUT2D eigenvalue weighted by atomic mass is 9.89. The van der Waals surface area contributed by atoms with Crippen molar-refractivity contribution in [1.82, 2.24) is 20.2 Å². The number of carbonyl (C=O) groups is 2. The van der Waals surface area contributed by atoms with Gasteiger partial charge in [0, 0.05) is 5.56 Å². The number of ketones is 1. The van der Waals surface area contributed by atoms with Gasteiger partial charge in [-0.3, -0.25) is 4.79 Å². The third-order valence-electron chi connectivity index (χ3n) is 5.02. The maximum Gasteiger partial charge on any atom is 0.355 e. The number of Topliss-reactive ketones (excluding diaryl/α,β-unsaturated/α-hetero) is 1. The number of allylic oxidation sites excluding steroid dienone is 1. The number of methoxy groups -OCH3 is 3. The number of rotatable bonds is 6. The monoisotopic (exact) mass is 437 g/mol. The van der Waals surface area contributed by atoms with E-state index in [-0.39, 0.29) is 28.7 Å². The van der Waals surface area contributed by atoms with Gasteiger partial charge in [-0.05, 0) is 52.4 Å². The van der Waals surface area contributed by atoms with Crippen LogP contribution in [0.1, 0.15) is 22.0 Å². The highest BCUT2D eigenvalue weighted by atomic mass is 16.5. The molecule has 3 aromatic rings. The Kier molecular flexibility index (Phi) is 5.46. The first-order chi connectivity index (χ1) is 15.5. The van der Waals surface area contributed by atoms with Gasteiger partial charge in [0.15, 0.2) is 17.3 Å². The van der Waals surface area contributed by atoms with Gasteiger partial charge in [-0.25, -0.2) is 4.79 Å². The summed E-state index contributed by atoms with van der Waals surface area (Å²) in [5.74, 6) is -0.374. The largest absolute Gasteiger partial charge is 0.504 e. The molecule has 2 N–H and O–H groups in total. The fraction of sp³-hybridized carbons (Fsp3) is 0.190. The first-order valence-electron chi connectivity index (χ1n) is 9.41. The molecule has 1 atom stereocenters. The molecule has 0 spiro atoms. The molecule has 0 radical (unpaired) electrons. The smallest absolute Gasteiger partial charge is 0.355 e. The lowest BCUT2D eigenvalue weighted by Crippen LogP contribution is -2.33. The summed E-state index contributed by atoms with van der Waals surface area (Å²) in [6, 6.07) is 10.1. The molecule has 32 heavy (non-hydrogen) atoms. The minimum Gasteiger partial charge on any atom is -0.504 e. The number of carbonyl (C=O) groups excluding carboxylic acids is 2. The highest BCUT2D eigenvalue weighted by Crippen LogP contribution is 2.39. The molecule has 2 aromatic carbocycles. The summed E-state index contributed by atoms with van der Waals surface area (Å²) in [6.07, 6.45) is 0. The fourth-order valence-electron chi connectivity index (χ4n) is 3.46. The predicted molar refractivity (Wildman–Crippen MR) is 111 cm³/mol. The number of fused-ring (bicyclic) bond motifs is 1.